The number of nitrogens with two attached hydrogens (primary N) is 1. The van der Waals surface area contributed by atoms with Gasteiger partial charge in [-0.25, -0.2) is 4.98 Å². The molecule has 1 aliphatic heterocycles. The second-order valence-corrected chi connectivity index (χ2v) is 4.87. The molecule has 2 aromatic rings. The van der Waals surface area contributed by atoms with Crippen molar-refractivity contribution in [3.63, 3.8) is 0 Å². The van der Waals surface area contributed by atoms with E-state index in [1.165, 1.54) is 0 Å². The molecule has 0 unspecified atom stereocenters. The van der Waals surface area contributed by atoms with E-state index in [-0.39, 0.29) is 0 Å². The highest BCUT2D eigenvalue weighted by Crippen LogP contribution is 2.34. The van der Waals surface area contributed by atoms with Crippen LogP contribution in [0.3, 0.4) is 0 Å². The minimum absolute atomic E-state index is 0.453. The summed E-state index contributed by atoms with van der Waals surface area (Å²) in [5.41, 5.74) is 6.85. The first-order valence-electron chi connectivity index (χ1n) is 7.88. The van der Waals surface area contributed by atoms with Gasteiger partial charge < -0.3 is 25.4 Å². The van der Waals surface area contributed by atoms with Crippen molar-refractivity contribution in [1.82, 2.24) is 15.3 Å². The number of aromatic nitrogens is 2. The molecular weight excluding hydrogens is 294 g/mol. The number of ether oxygens (including phenoxy) is 2. The summed E-state index contributed by atoms with van der Waals surface area (Å²) in [5.74, 6) is 2.37. The standard InChI is InChI=1S/C14H19N5O2.C2H6/c1-20-11-7-9-10(8-12(11)21-2)17-14(18-13(9)15)19-5-3-16-4-6-19;1-2/h7-8,16H,3-6H2,1-2H3,(H2,15,17,18);1-2H3. The summed E-state index contributed by atoms with van der Waals surface area (Å²) in [5, 5.41) is 4.07. The van der Waals surface area contributed by atoms with Gasteiger partial charge in [0.05, 0.1) is 19.7 Å². The number of nitrogens with zero attached hydrogens (tertiary/aromatic N) is 3. The molecule has 23 heavy (non-hydrogen) atoms. The summed E-state index contributed by atoms with van der Waals surface area (Å²) in [6.45, 7) is 7.59. The first-order valence-corrected chi connectivity index (χ1v) is 7.88. The molecule has 3 N–H and O–H groups in total. The molecule has 0 amide bonds. The Kier molecular flexibility index (Phi) is 5.81. The molecule has 1 fully saturated rings. The normalized spacial score (nSPS) is 14.2. The van der Waals surface area contributed by atoms with Gasteiger partial charge in [0.15, 0.2) is 11.5 Å². The smallest absolute Gasteiger partial charge is 0.227 e. The highest BCUT2D eigenvalue weighted by Gasteiger charge is 2.17. The third-order valence-corrected chi connectivity index (χ3v) is 3.62. The number of rotatable bonds is 3. The van der Waals surface area contributed by atoms with Crippen molar-refractivity contribution < 1.29 is 9.47 Å². The summed E-state index contributed by atoms with van der Waals surface area (Å²) >= 11 is 0. The molecule has 0 saturated carbocycles. The van der Waals surface area contributed by atoms with Gasteiger partial charge >= 0.3 is 0 Å². The van der Waals surface area contributed by atoms with Crippen LogP contribution in [0.4, 0.5) is 11.8 Å². The average Bonchev–Trinajstić information content (AvgIpc) is 2.63. The first-order chi connectivity index (χ1) is 11.2. The van der Waals surface area contributed by atoms with Gasteiger partial charge in [-0.3, -0.25) is 0 Å². The predicted octanol–water partition coefficient (Wildman–Crippen LogP) is 1.66. The van der Waals surface area contributed by atoms with Crippen molar-refractivity contribution in [2.75, 3.05) is 51.0 Å². The molecule has 0 atom stereocenters. The van der Waals surface area contributed by atoms with Crippen LogP contribution in [0.15, 0.2) is 12.1 Å². The zero-order valence-electron chi connectivity index (χ0n) is 14.2. The molecule has 7 nitrogen and oxygen atoms in total. The molecule has 0 radical (unpaired) electrons. The fourth-order valence-corrected chi connectivity index (χ4v) is 2.47. The van der Waals surface area contributed by atoms with E-state index in [2.05, 4.69) is 20.2 Å². The van der Waals surface area contributed by atoms with Crippen LogP contribution in [-0.4, -0.2) is 50.4 Å². The molecule has 1 aromatic heterocycles. The minimum Gasteiger partial charge on any atom is -0.493 e. The Morgan fingerprint density at radius 3 is 2.26 bits per heavy atom. The second-order valence-electron chi connectivity index (χ2n) is 4.87. The lowest BCUT2D eigenvalue weighted by molar-refractivity contribution is 0.356. The van der Waals surface area contributed by atoms with Crippen LogP contribution in [-0.2, 0) is 0 Å². The fourth-order valence-electron chi connectivity index (χ4n) is 2.47. The molecule has 3 rings (SSSR count). The Labute approximate surface area is 136 Å². The van der Waals surface area contributed by atoms with Crippen molar-refractivity contribution in [2.24, 2.45) is 0 Å². The number of piperazine rings is 1. The summed E-state index contributed by atoms with van der Waals surface area (Å²) in [6, 6.07) is 3.64. The van der Waals surface area contributed by atoms with E-state index in [1.807, 2.05) is 26.0 Å². The number of hydrogen-bond acceptors (Lipinski definition) is 7. The van der Waals surface area contributed by atoms with E-state index < -0.39 is 0 Å². The Morgan fingerprint density at radius 2 is 1.65 bits per heavy atom. The Hall–Kier alpha value is -2.28. The van der Waals surface area contributed by atoms with E-state index in [0.717, 1.165) is 37.1 Å². The maximum absolute atomic E-state index is 6.09. The summed E-state index contributed by atoms with van der Waals surface area (Å²) < 4.78 is 10.6. The van der Waals surface area contributed by atoms with E-state index in [4.69, 9.17) is 15.2 Å². The lowest BCUT2D eigenvalue weighted by Gasteiger charge is -2.27. The van der Waals surface area contributed by atoms with Crippen LogP contribution >= 0.6 is 0 Å². The molecule has 0 bridgehead atoms. The van der Waals surface area contributed by atoms with E-state index in [0.29, 0.717) is 23.3 Å². The largest absolute Gasteiger partial charge is 0.493 e. The number of fused-ring (bicyclic) bond motifs is 1. The summed E-state index contributed by atoms with van der Waals surface area (Å²) in [6.07, 6.45) is 0. The van der Waals surface area contributed by atoms with Crippen LogP contribution in [0, 0.1) is 0 Å². The maximum Gasteiger partial charge on any atom is 0.227 e. The topological polar surface area (TPSA) is 85.5 Å². The zero-order chi connectivity index (χ0) is 16.8. The number of nitrogen functional groups attached to an aromatic ring is 1. The molecule has 126 valence electrons. The minimum atomic E-state index is 0.453. The van der Waals surface area contributed by atoms with Gasteiger partial charge in [-0.1, -0.05) is 13.8 Å². The quantitative estimate of drug-likeness (QED) is 0.890. The van der Waals surface area contributed by atoms with Crippen LogP contribution < -0.4 is 25.4 Å². The van der Waals surface area contributed by atoms with Crippen LogP contribution in [0.2, 0.25) is 0 Å². The van der Waals surface area contributed by atoms with Crippen LogP contribution in [0.5, 0.6) is 11.5 Å². The molecule has 1 aromatic carbocycles. The SMILES string of the molecule is CC.COc1cc2nc(N3CCNCC3)nc(N)c2cc1OC. The average molecular weight is 319 g/mol. The lowest BCUT2D eigenvalue weighted by Crippen LogP contribution is -2.44. The lowest BCUT2D eigenvalue weighted by atomic mass is 10.2. The highest BCUT2D eigenvalue weighted by atomic mass is 16.5. The summed E-state index contributed by atoms with van der Waals surface area (Å²) in [4.78, 5) is 11.2. The van der Waals surface area contributed by atoms with Crippen molar-refractivity contribution in [1.29, 1.82) is 0 Å². The Morgan fingerprint density at radius 1 is 1.04 bits per heavy atom. The molecule has 0 spiro atoms. The van der Waals surface area contributed by atoms with Gasteiger partial charge in [-0.15, -0.1) is 0 Å². The molecule has 1 saturated heterocycles. The number of nitrogens with one attached hydrogen (secondary N) is 1. The van der Waals surface area contributed by atoms with Crippen molar-refractivity contribution in [3.8, 4) is 11.5 Å². The number of benzene rings is 1. The predicted molar refractivity (Wildman–Crippen MR) is 93.5 cm³/mol. The monoisotopic (exact) mass is 319 g/mol. The van der Waals surface area contributed by atoms with Crippen molar-refractivity contribution in [3.05, 3.63) is 12.1 Å². The molecule has 1 aliphatic rings. The van der Waals surface area contributed by atoms with Gasteiger partial charge in [-0.2, -0.15) is 4.98 Å². The number of methoxy groups -OCH3 is 2. The Balaban J connectivity index is 0.000000924. The van der Waals surface area contributed by atoms with E-state index in [1.54, 1.807) is 14.2 Å². The van der Waals surface area contributed by atoms with Gasteiger partial charge in [0.2, 0.25) is 5.95 Å². The van der Waals surface area contributed by atoms with E-state index >= 15 is 0 Å². The fraction of sp³-hybridized carbons (Fsp3) is 0.500. The molecule has 2 heterocycles. The van der Waals surface area contributed by atoms with Crippen LogP contribution in [0.25, 0.3) is 10.9 Å². The third-order valence-electron chi connectivity index (χ3n) is 3.62. The molecule has 7 heteroatoms. The first kappa shape index (κ1) is 17.1. The Bertz CT molecular complexity index is 656. The van der Waals surface area contributed by atoms with Crippen molar-refractivity contribution in [2.45, 2.75) is 13.8 Å². The molecule has 0 aliphatic carbocycles. The zero-order valence-corrected chi connectivity index (χ0v) is 14.2. The second kappa shape index (κ2) is 7.82. The molecular formula is C16H25N5O2. The number of anilines is 2. The van der Waals surface area contributed by atoms with Gasteiger partial charge in [0.25, 0.3) is 0 Å². The highest BCUT2D eigenvalue weighted by molar-refractivity contribution is 5.91. The van der Waals surface area contributed by atoms with Gasteiger partial charge in [0, 0.05) is 37.6 Å². The van der Waals surface area contributed by atoms with Crippen LogP contribution in [0.1, 0.15) is 13.8 Å². The van der Waals surface area contributed by atoms with Gasteiger partial charge in [0.1, 0.15) is 5.82 Å². The van der Waals surface area contributed by atoms with Gasteiger partial charge in [-0.05, 0) is 6.07 Å². The number of hydrogen-bond donors (Lipinski definition) is 2. The maximum atomic E-state index is 6.09. The summed E-state index contributed by atoms with van der Waals surface area (Å²) in [7, 11) is 3.20. The van der Waals surface area contributed by atoms with E-state index in [9.17, 15) is 0 Å². The van der Waals surface area contributed by atoms with Crippen molar-refractivity contribution >= 4 is 22.7 Å². The third kappa shape index (κ3) is 3.56.